The first-order valence-corrected chi connectivity index (χ1v) is 7.47. The van der Waals surface area contributed by atoms with Crippen LogP contribution in [0, 0.1) is 12.8 Å². The van der Waals surface area contributed by atoms with Gasteiger partial charge < -0.3 is 15.1 Å². The number of hydrogen-bond donors (Lipinski definition) is 2. The van der Waals surface area contributed by atoms with Gasteiger partial charge in [-0.1, -0.05) is 32.0 Å². The van der Waals surface area contributed by atoms with E-state index in [4.69, 9.17) is 4.42 Å². The minimum Gasteiger partial charge on any atom is -0.459 e. The van der Waals surface area contributed by atoms with Gasteiger partial charge in [-0.3, -0.25) is 4.99 Å². The summed E-state index contributed by atoms with van der Waals surface area (Å²) in [5.74, 6) is 2.31. The SMILES string of the molecule is CN=C(NCc1oc2ccccc2c1C)NC(C)C(C)C.I. The predicted molar refractivity (Wildman–Crippen MR) is 104 cm³/mol. The highest BCUT2D eigenvalue weighted by Crippen LogP contribution is 2.24. The highest BCUT2D eigenvalue weighted by atomic mass is 127. The first-order valence-electron chi connectivity index (χ1n) is 7.47. The summed E-state index contributed by atoms with van der Waals surface area (Å²) in [6.07, 6.45) is 0. The molecule has 0 amide bonds. The van der Waals surface area contributed by atoms with Crippen LogP contribution in [0.2, 0.25) is 0 Å². The Morgan fingerprint density at radius 1 is 1.23 bits per heavy atom. The molecule has 1 aromatic heterocycles. The van der Waals surface area contributed by atoms with Crippen LogP contribution in [0.25, 0.3) is 11.0 Å². The van der Waals surface area contributed by atoms with Crippen molar-refractivity contribution in [3.63, 3.8) is 0 Å². The van der Waals surface area contributed by atoms with Crippen LogP contribution in [-0.2, 0) is 6.54 Å². The maximum absolute atomic E-state index is 5.90. The largest absolute Gasteiger partial charge is 0.459 e. The van der Waals surface area contributed by atoms with Crippen LogP contribution < -0.4 is 10.6 Å². The summed E-state index contributed by atoms with van der Waals surface area (Å²) in [5.41, 5.74) is 2.12. The van der Waals surface area contributed by atoms with Crippen molar-refractivity contribution in [3.05, 3.63) is 35.6 Å². The van der Waals surface area contributed by atoms with Gasteiger partial charge in [0.25, 0.3) is 0 Å². The van der Waals surface area contributed by atoms with Crippen molar-refractivity contribution >= 4 is 40.9 Å². The lowest BCUT2D eigenvalue weighted by molar-refractivity contribution is 0.477. The van der Waals surface area contributed by atoms with Crippen LogP contribution in [0.1, 0.15) is 32.1 Å². The van der Waals surface area contributed by atoms with E-state index in [0.29, 0.717) is 18.5 Å². The summed E-state index contributed by atoms with van der Waals surface area (Å²) in [4.78, 5) is 4.26. The third kappa shape index (κ3) is 4.38. The minimum atomic E-state index is 0. The van der Waals surface area contributed by atoms with Gasteiger partial charge in [0.1, 0.15) is 11.3 Å². The van der Waals surface area contributed by atoms with Crippen LogP contribution in [0.5, 0.6) is 0 Å². The predicted octanol–water partition coefficient (Wildman–Crippen LogP) is 4.07. The van der Waals surface area contributed by atoms with Crippen LogP contribution in [0.4, 0.5) is 0 Å². The Bertz CT molecular complexity index is 634. The van der Waals surface area contributed by atoms with Gasteiger partial charge >= 0.3 is 0 Å². The average molecular weight is 415 g/mol. The topological polar surface area (TPSA) is 49.6 Å². The molecule has 1 heterocycles. The van der Waals surface area contributed by atoms with E-state index in [2.05, 4.69) is 49.4 Å². The lowest BCUT2D eigenvalue weighted by Crippen LogP contribution is -2.43. The number of nitrogens with one attached hydrogen (secondary N) is 2. The number of para-hydroxylation sites is 1. The molecule has 1 aromatic carbocycles. The minimum absolute atomic E-state index is 0. The Hall–Kier alpha value is -1.24. The van der Waals surface area contributed by atoms with E-state index in [1.165, 1.54) is 10.9 Å². The zero-order valence-corrected chi connectivity index (χ0v) is 16.3. The molecular formula is C17H26IN3O. The molecule has 5 heteroatoms. The van der Waals surface area contributed by atoms with Crippen molar-refractivity contribution in [1.82, 2.24) is 10.6 Å². The summed E-state index contributed by atoms with van der Waals surface area (Å²) >= 11 is 0. The molecule has 1 unspecified atom stereocenters. The molecular weight excluding hydrogens is 389 g/mol. The number of furan rings is 1. The third-order valence-corrected chi connectivity index (χ3v) is 3.95. The van der Waals surface area contributed by atoms with Crippen molar-refractivity contribution in [3.8, 4) is 0 Å². The second kappa shape index (κ2) is 8.41. The van der Waals surface area contributed by atoms with Crippen molar-refractivity contribution in [1.29, 1.82) is 0 Å². The monoisotopic (exact) mass is 415 g/mol. The molecule has 0 saturated carbocycles. The summed E-state index contributed by atoms with van der Waals surface area (Å²) < 4.78 is 5.90. The number of aryl methyl sites for hydroxylation is 1. The second-order valence-corrected chi connectivity index (χ2v) is 5.75. The van der Waals surface area contributed by atoms with E-state index in [-0.39, 0.29) is 24.0 Å². The van der Waals surface area contributed by atoms with Gasteiger partial charge in [-0.15, -0.1) is 24.0 Å². The number of aliphatic imine (C=N–C) groups is 1. The van der Waals surface area contributed by atoms with Crippen molar-refractivity contribution in [2.75, 3.05) is 7.05 Å². The normalized spacial score (nSPS) is 13.1. The maximum Gasteiger partial charge on any atom is 0.191 e. The number of nitrogens with zero attached hydrogens (tertiary/aromatic N) is 1. The second-order valence-electron chi connectivity index (χ2n) is 5.75. The van der Waals surface area contributed by atoms with Crippen LogP contribution in [0.3, 0.4) is 0 Å². The molecule has 0 saturated heterocycles. The molecule has 0 spiro atoms. The van der Waals surface area contributed by atoms with Crippen molar-refractivity contribution in [2.45, 2.75) is 40.3 Å². The number of rotatable bonds is 4. The Kier molecular flexibility index (Phi) is 7.19. The zero-order chi connectivity index (χ0) is 15.4. The lowest BCUT2D eigenvalue weighted by Gasteiger charge is -2.20. The van der Waals surface area contributed by atoms with E-state index in [1.54, 1.807) is 7.05 Å². The van der Waals surface area contributed by atoms with Gasteiger partial charge in [0.2, 0.25) is 0 Å². The lowest BCUT2D eigenvalue weighted by atomic mass is 10.1. The van der Waals surface area contributed by atoms with E-state index in [0.717, 1.165) is 17.3 Å². The highest BCUT2D eigenvalue weighted by molar-refractivity contribution is 14.0. The number of guanidine groups is 1. The molecule has 0 bridgehead atoms. The third-order valence-electron chi connectivity index (χ3n) is 3.95. The zero-order valence-electron chi connectivity index (χ0n) is 13.9. The Morgan fingerprint density at radius 2 is 1.91 bits per heavy atom. The standard InChI is InChI=1S/C17H25N3O.HI/c1-11(2)13(4)20-17(18-5)19-10-16-12(3)14-8-6-7-9-15(14)21-16;/h6-9,11,13H,10H2,1-5H3,(H2,18,19,20);1H. The van der Waals surface area contributed by atoms with Crippen molar-refractivity contribution in [2.24, 2.45) is 10.9 Å². The van der Waals surface area contributed by atoms with Gasteiger partial charge in [-0.05, 0) is 25.8 Å². The van der Waals surface area contributed by atoms with Gasteiger partial charge in [0.05, 0.1) is 6.54 Å². The number of benzene rings is 1. The van der Waals surface area contributed by atoms with E-state index in [1.807, 2.05) is 18.2 Å². The van der Waals surface area contributed by atoms with E-state index in [9.17, 15) is 0 Å². The molecule has 0 radical (unpaired) electrons. The van der Waals surface area contributed by atoms with Crippen molar-refractivity contribution < 1.29 is 4.42 Å². The van der Waals surface area contributed by atoms with Gasteiger partial charge in [-0.2, -0.15) is 0 Å². The molecule has 4 nitrogen and oxygen atoms in total. The molecule has 22 heavy (non-hydrogen) atoms. The molecule has 0 fully saturated rings. The van der Waals surface area contributed by atoms with Gasteiger partial charge in [0.15, 0.2) is 5.96 Å². The average Bonchev–Trinajstić information content (AvgIpc) is 2.80. The molecule has 0 aliphatic rings. The highest BCUT2D eigenvalue weighted by Gasteiger charge is 2.12. The summed E-state index contributed by atoms with van der Waals surface area (Å²) in [6.45, 7) is 9.26. The molecule has 2 rings (SSSR count). The first-order chi connectivity index (χ1) is 10.0. The Balaban J connectivity index is 0.00000242. The fourth-order valence-corrected chi connectivity index (χ4v) is 2.13. The summed E-state index contributed by atoms with van der Waals surface area (Å²) in [6, 6.07) is 8.49. The molecule has 1 atom stereocenters. The maximum atomic E-state index is 5.90. The van der Waals surface area contributed by atoms with Crippen LogP contribution in [0.15, 0.2) is 33.7 Å². The van der Waals surface area contributed by atoms with E-state index >= 15 is 0 Å². The molecule has 2 N–H and O–H groups in total. The van der Waals surface area contributed by atoms with Gasteiger partial charge in [-0.25, -0.2) is 0 Å². The Labute approximate surface area is 149 Å². The first kappa shape index (κ1) is 18.8. The quantitative estimate of drug-likeness (QED) is 0.450. The van der Waals surface area contributed by atoms with Crippen LogP contribution >= 0.6 is 24.0 Å². The number of fused-ring (bicyclic) bond motifs is 1. The number of halogens is 1. The fraction of sp³-hybridized carbons (Fsp3) is 0.471. The van der Waals surface area contributed by atoms with Crippen LogP contribution in [-0.4, -0.2) is 19.0 Å². The van der Waals surface area contributed by atoms with Gasteiger partial charge in [0, 0.05) is 24.0 Å². The smallest absolute Gasteiger partial charge is 0.191 e. The van der Waals surface area contributed by atoms with E-state index < -0.39 is 0 Å². The summed E-state index contributed by atoms with van der Waals surface area (Å²) in [5, 5.41) is 7.88. The summed E-state index contributed by atoms with van der Waals surface area (Å²) in [7, 11) is 1.79. The molecule has 0 aliphatic carbocycles. The molecule has 0 aliphatic heterocycles. The molecule has 2 aromatic rings. The fourth-order valence-electron chi connectivity index (χ4n) is 2.13. The Morgan fingerprint density at radius 3 is 2.50 bits per heavy atom. The number of hydrogen-bond acceptors (Lipinski definition) is 2. The molecule has 122 valence electrons.